The van der Waals surface area contributed by atoms with Crippen molar-refractivity contribution in [3.05, 3.63) is 0 Å². The number of carbonyl (C=O) groups is 1. The molecular weight excluding hydrogens is 192 g/mol. The Morgan fingerprint density at radius 3 is 2.67 bits per heavy atom. The number of aliphatic carboxylic acids is 1. The van der Waals surface area contributed by atoms with Crippen LogP contribution in [0.25, 0.3) is 0 Å². The van der Waals surface area contributed by atoms with Crippen LogP contribution in [0.3, 0.4) is 0 Å². The Kier molecular flexibility index (Phi) is 2.98. The van der Waals surface area contributed by atoms with Crippen molar-refractivity contribution in [2.75, 3.05) is 26.2 Å². The van der Waals surface area contributed by atoms with Crippen LogP contribution in [0.15, 0.2) is 0 Å². The number of hydrogen-bond acceptors (Lipinski definition) is 3. The highest BCUT2D eigenvalue weighted by molar-refractivity contribution is 5.79. The van der Waals surface area contributed by atoms with Crippen molar-refractivity contribution in [2.24, 2.45) is 5.92 Å². The van der Waals surface area contributed by atoms with E-state index in [0.717, 1.165) is 45.4 Å². The van der Waals surface area contributed by atoms with E-state index >= 15 is 0 Å². The van der Waals surface area contributed by atoms with Crippen LogP contribution in [0.2, 0.25) is 0 Å². The fourth-order valence-electron chi connectivity index (χ4n) is 3.05. The molecule has 4 nitrogen and oxygen atoms in total. The van der Waals surface area contributed by atoms with Gasteiger partial charge in [0.1, 0.15) is 5.54 Å². The van der Waals surface area contributed by atoms with Gasteiger partial charge in [-0.1, -0.05) is 6.92 Å². The van der Waals surface area contributed by atoms with Gasteiger partial charge in [-0.25, -0.2) is 0 Å². The van der Waals surface area contributed by atoms with Gasteiger partial charge in [0.2, 0.25) is 0 Å². The lowest BCUT2D eigenvalue weighted by atomic mass is 9.78. The number of nitrogens with zero attached hydrogens (tertiary/aromatic N) is 1. The normalized spacial score (nSPS) is 38.1. The van der Waals surface area contributed by atoms with Crippen LogP contribution in [0.5, 0.6) is 0 Å². The van der Waals surface area contributed by atoms with Gasteiger partial charge in [0.05, 0.1) is 0 Å². The number of piperidine rings is 1. The lowest BCUT2D eigenvalue weighted by Crippen LogP contribution is -2.63. The van der Waals surface area contributed by atoms with Crippen LogP contribution in [-0.2, 0) is 4.79 Å². The maximum atomic E-state index is 11.6. The van der Waals surface area contributed by atoms with Gasteiger partial charge < -0.3 is 10.4 Å². The van der Waals surface area contributed by atoms with E-state index in [0.29, 0.717) is 0 Å². The molecule has 0 bridgehead atoms. The molecule has 0 aromatic heterocycles. The van der Waals surface area contributed by atoms with Crippen LogP contribution >= 0.6 is 0 Å². The van der Waals surface area contributed by atoms with E-state index in [1.54, 1.807) is 0 Å². The summed E-state index contributed by atoms with van der Waals surface area (Å²) in [5, 5.41) is 12.8. The van der Waals surface area contributed by atoms with Crippen molar-refractivity contribution in [1.82, 2.24) is 10.2 Å². The first kappa shape index (κ1) is 10.9. The lowest BCUT2D eigenvalue weighted by Gasteiger charge is -2.45. The molecule has 86 valence electrons. The number of carboxylic acids is 1. The predicted octanol–water partition coefficient (Wildman–Crippen LogP) is 0.535. The molecule has 2 rings (SSSR count). The highest BCUT2D eigenvalue weighted by Crippen LogP contribution is 2.34. The summed E-state index contributed by atoms with van der Waals surface area (Å²) in [6.45, 7) is 5.61. The average molecular weight is 212 g/mol. The molecule has 0 radical (unpaired) electrons. The zero-order valence-electron chi connectivity index (χ0n) is 9.33. The van der Waals surface area contributed by atoms with Crippen molar-refractivity contribution >= 4 is 5.97 Å². The van der Waals surface area contributed by atoms with Gasteiger partial charge in [0.15, 0.2) is 0 Å². The smallest absolute Gasteiger partial charge is 0.324 e. The minimum Gasteiger partial charge on any atom is -0.480 e. The lowest BCUT2D eigenvalue weighted by molar-refractivity contribution is -0.156. The molecule has 0 amide bonds. The minimum absolute atomic E-state index is 0.196. The van der Waals surface area contributed by atoms with Gasteiger partial charge in [-0.15, -0.1) is 0 Å². The highest BCUT2D eigenvalue weighted by Gasteiger charge is 2.50. The number of hydrogen-bond donors (Lipinski definition) is 2. The Labute approximate surface area is 90.6 Å². The number of nitrogens with one attached hydrogen (secondary N) is 1. The minimum atomic E-state index is -0.626. The molecule has 2 heterocycles. The maximum Gasteiger partial charge on any atom is 0.324 e. The van der Waals surface area contributed by atoms with Crippen LogP contribution in [0.1, 0.15) is 26.2 Å². The SMILES string of the molecule is CC1CNCCC1(C(=O)O)N1CCCC1. The van der Waals surface area contributed by atoms with E-state index in [1.165, 1.54) is 0 Å². The Hall–Kier alpha value is -0.610. The predicted molar refractivity (Wildman–Crippen MR) is 57.8 cm³/mol. The molecule has 0 saturated carbocycles. The first-order chi connectivity index (χ1) is 7.18. The Bertz CT molecular complexity index is 251. The second kappa shape index (κ2) is 4.10. The molecule has 0 aromatic carbocycles. The van der Waals surface area contributed by atoms with E-state index in [-0.39, 0.29) is 5.92 Å². The summed E-state index contributed by atoms with van der Waals surface area (Å²) < 4.78 is 0. The maximum absolute atomic E-state index is 11.6. The van der Waals surface area contributed by atoms with Gasteiger partial charge in [0.25, 0.3) is 0 Å². The molecule has 0 aromatic rings. The summed E-state index contributed by atoms with van der Waals surface area (Å²) >= 11 is 0. The fraction of sp³-hybridized carbons (Fsp3) is 0.909. The standard InChI is InChI=1S/C11H20N2O2/c1-9-8-12-5-4-11(9,10(14)15)13-6-2-3-7-13/h9,12H,2-8H2,1H3,(H,14,15). The van der Waals surface area contributed by atoms with E-state index in [4.69, 9.17) is 0 Å². The van der Waals surface area contributed by atoms with E-state index in [9.17, 15) is 9.90 Å². The van der Waals surface area contributed by atoms with Gasteiger partial charge in [-0.3, -0.25) is 9.69 Å². The van der Waals surface area contributed by atoms with Gasteiger partial charge in [-0.05, 0) is 44.8 Å². The monoisotopic (exact) mass is 212 g/mol. The molecule has 2 N–H and O–H groups in total. The third kappa shape index (κ3) is 1.66. The summed E-state index contributed by atoms with van der Waals surface area (Å²) in [6.07, 6.45) is 3.04. The first-order valence-electron chi connectivity index (χ1n) is 5.87. The van der Waals surface area contributed by atoms with Crippen molar-refractivity contribution < 1.29 is 9.90 Å². The van der Waals surface area contributed by atoms with Crippen molar-refractivity contribution in [2.45, 2.75) is 31.7 Å². The Morgan fingerprint density at radius 2 is 2.13 bits per heavy atom. The summed E-state index contributed by atoms with van der Waals surface area (Å²) in [5.41, 5.74) is -0.595. The third-order valence-electron chi connectivity index (χ3n) is 3.99. The Morgan fingerprint density at radius 1 is 1.47 bits per heavy atom. The molecule has 2 aliphatic heterocycles. The largest absolute Gasteiger partial charge is 0.480 e. The second-order valence-corrected chi connectivity index (χ2v) is 4.78. The topological polar surface area (TPSA) is 52.6 Å². The molecule has 2 unspecified atom stereocenters. The molecule has 4 heteroatoms. The molecule has 2 saturated heterocycles. The van der Waals surface area contributed by atoms with Crippen LogP contribution in [-0.4, -0.2) is 47.7 Å². The summed E-state index contributed by atoms with van der Waals surface area (Å²) in [6, 6.07) is 0. The van der Waals surface area contributed by atoms with Gasteiger partial charge in [0, 0.05) is 6.54 Å². The molecule has 2 atom stereocenters. The number of likely N-dealkylation sites (tertiary alicyclic amines) is 1. The quantitative estimate of drug-likeness (QED) is 0.701. The molecule has 2 aliphatic rings. The van der Waals surface area contributed by atoms with Crippen molar-refractivity contribution in [3.8, 4) is 0 Å². The summed E-state index contributed by atoms with van der Waals surface area (Å²) in [5.74, 6) is -0.430. The molecule has 15 heavy (non-hydrogen) atoms. The van der Waals surface area contributed by atoms with Crippen LogP contribution in [0, 0.1) is 5.92 Å². The molecule has 2 fully saturated rings. The summed E-state index contributed by atoms with van der Waals surface area (Å²) in [4.78, 5) is 13.8. The molecular formula is C11H20N2O2. The highest BCUT2D eigenvalue weighted by atomic mass is 16.4. The molecule has 0 aliphatic carbocycles. The number of rotatable bonds is 2. The van der Waals surface area contributed by atoms with Gasteiger partial charge >= 0.3 is 5.97 Å². The molecule has 0 spiro atoms. The zero-order valence-corrected chi connectivity index (χ0v) is 9.33. The average Bonchev–Trinajstić information content (AvgIpc) is 2.71. The van der Waals surface area contributed by atoms with Crippen molar-refractivity contribution in [3.63, 3.8) is 0 Å². The van der Waals surface area contributed by atoms with Crippen LogP contribution in [0.4, 0.5) is 0 Å². The number of carboxylic acid groups (broad SMARTS) is 1. The Balaban J connectivity index is 2.24. The second-order valence-electron chi connectivity index (χ2n) is 4.78. The van der Waals surface area contributed by atoms with Crippen molar-refractivity contribution in [1.29, 1.82) is 0 Å². The van der Waals surface area contributed by atoms with Gasteiger partial charge in [-0.2, -0.15) is 0 Å². The first-order valence-corrected chi connectivity index (χ1v) is 5.87. The summed E-state index contributed by atoms with van der Waals surface area (Å²) in [7, 11) is 0. The third-order valence-corrected chi connectivity index (χ3v) is 3.99. The van der Waals surface area contributed by atoms with Crippen LogP contribution < -0.4 is 5.32 Å². The zero-order chi connectivity index (χ0) is 10.9. The fourth-order valence-corrected chi connectivity index (χ4v) is 3.05. The van der Waals surface area contributed by atoms with E-state index in [2.05, 4.69) is 17.1 Å². The van der Waals surface area contributed by atoms with E-state index in [1.807, 2.05) is 0 Å². The van der Waals surface area contributed by atoms with E-state index < -0.39 is 11.5 Å².